The van der Waals surface area contributed by atoms with Crippen molar-refractivity contribution in [2.45, 2.75) is 6.54 Å². The van der Waals surface area contributed by atoms with Crippen molar-refractivity contribution < 1.29 is 9.90 Å². The van der Waals surface area contributed by atoms with Crippen LogP contribution < -0.4 is 10.6 Å². The Bertz CT molecular complexity index is 638. The molecule has 0 radical (unpaired) electrons. The zero-order chi connectivity index (χ0) is 13.9. The lowest BCUT2D eigenvalue weighted by molar-refractivity contribution is 0.0966. The molecule has 0 saturated carbocycles. The highest BCUT2D eigenvalue weighted by Gasteiger charge is 2.25. The number of rotatable bonds is 4. The van der Waals surface area contributed by atoms with E-state index in [2.05, 4.69) is 10.6 Å². The van der Waals surface area contributed by atoms with Crippen molar-refractivity contribution in [1.82, 2.24) is 5.32 Å². The molecule has 0 fully saturated rings. The second-order valence-electron chi connectivity index (χ2n) is 4.71. The van der Waals surface area contributed by atoms with Crippen LogP contribution in [0.5, 0.6) is 0 Å². The predicted octanol–water partition coefficient (Wildman–Crippen LogP) is 2.00. The Hall–Kier alpha value is -2.33. The predicted molar refractivity (Wildman–Crippen MR) is 78.6 cm³/mol. The highest BCUT2D eigenvalue weighted by molar-refractivity contribution is 6.05. The van der Waals surface area contributed by atoms with Gasteiger partial charge in [0.25, 0.3) is 5.91 Å². The lowest BCUT2D eigenvalue weighted by Gasteiger charge is -2.12. The summed E-state index contributed by atoms with van der Waals surface area (Å²) < 4.78 is 0. The summed E-state index contributed by atoms with van der Waals surface area (Å²) in [6.45, 7) is 1.02. The van der Waals surface area contributed by atoms with Crippen LogP contribution in [-0.2, 0) is 6.54 Å². The lowest BCUT2D eigenvalue weighted by Crippen LogP contribution is -2.15. The van der Waals surface area contributed by atoms with E-state index in [-0.39, 0.29) is 12.5 Å². The molecule has 0 atom stereocenters. The summed E-state index contributed by atoms with van der Waals surface area (Å²) in [6, 6.07) is 14.0. The van der Waals surface area contributed by atoms with Crippen molar-refractivity contribution in [1.29, 1.82) is 0 Å². The first kappa shape index (κ1) is 12.7. The van der Waals surface area contributed by atoms with E-state index in [0.717, 1.165) is 22.4 Å². The van der Waals surface area contributed by atoms with Gasteiger partial charge in [0.2, 0.25) is 0 Å². The maximum Gasteiger partial charge on any atom is 0.254 e. The largest absolute Gasteiger partial charge is 0.395 e. The smallest absolute Gasteiger partial charge is 0.254 e. The number of carbonyl (C=O) groups excluding carboxylic acids is 1. The molecule has 3 N–H and O–H groups in total. The summed E-state index contributed by atoms with van der Waals surface area (Å²) in [5.41, 5.74) is 4.68. The van der Waals surface area contributed by atoms with Crippen LogP contribution in [-0.4, -0.2) is 24.2 Å². The number of nitrogens with one attached hydrogen (secondary N) is 2. The molecular formula is C16H16N2O2. The molecule has 0 aromatic heterocycles. The molecule has 3 rings (SSSR count). The van der Waals surface area contributed by atoms with E-state index in [9.17, 15) is 4.79 Å². The highest BCUT2D eigenvalue weighted by atomic mass is 16.3. The molecule has 0 spiro atoms. The minimum absolute atomic E-state index is 0.0385. The first-order chi connectivity index (χ1) is 9.81. The first-order valence-corrected chi connectivity index (χ1v) is 6.65. The van der Waals surface area contributed by atoms with E-state index in [1.807, 2.05) is 42.5 Å². The van der Waals surface area contributed by atoms with Crippen LogP contribution in [0.3, 0.4) is 0 Å². The Morgan fingerprint density at radius 3 is 2.70 bits per heavy atom. The number of anilines is 1. The standard InChI is InChI=1S/C16H16N2O2/c19-9-8-17-14-7-6-12(11-4-2-1-3-5-11)13-10-18-16(20)15(13)14/h1-7,17,19H,8-10H2,(H,18,20). The fourth-order valence-electron chi connectivity index (χ4n) is 2.57. The minimum atomic E-state index is -0.0572. The van der Waals surface area contributed by atoms with Gasteiger partial charge >= 0.3 is 0 Å². The van der Waals surface area contributed by atoms with Crippen LogP contribution in [0, 0.1) is 0 Å². The summed E-state index contributed by atoms with van der Waals surface area (Å²) >= 11 is 0. The molecular weight excluding hydrogens is 252 g/mol. The Balaban J connectivity index is 2.09. The molecule has 1 heterocycles. The van der Waals surface area contributed by atoms with Crippen molar-refractivity contribution in [3.05, 3.63) is 53.6 Å². The molecule has 2 aromatic rings. The Morgan fingerprint density at radius 1 is 1.15 bits per heavy atom. The molecule has 0 aliphatic carbocycles. The molecule has 4 heteroatoms. The van der Waals surface area contributed by atoms with Gasteiger partial charge in [-0.2, -0.15) is 0 Å². The monoisotopic (exact) mass is 268 g/mol. The highest BCUT2D eigenvalue weighted by Crippen LogP contribution is 2.33. The molecule has 0 unspecified atom stereocenters. The molecule has 0 saturated heterocycles. The van der Waals surface area contributed by atoms with Gasteiger partial charge in [0, 0.05) is 18.8 Å². The van der Waals surface area contributed by atoms with Gasteiger partial charge in [0.1, 0.15) is 0 Å². The van der Waals surface area contributed by atoms with Crippen molar-refractivity contribution in [2.24, 2.45) is 0 Å². The molecule has 1 amide bonds. The molecule has 20 heavy (non-hydrogen) atoms. The second kappa shape index (κ2) is 5.35. The van der Waals surface area contributed by atoms with E-state index >= 15 is 0 Å². The van der Waals surface area contributed by atoms with Crippen LogP contribution in [0.2, 0.25) is 0 Å². The zero-order valence-electron chi connectivity index (χ0n) is 11.0. The Morgan fingerprint density at radius 2 is 1.95 bits per heavy atom. The van der Waals surface area contributed by atoms with Gasteiger partial charge in [-0.1, -0.05) is 36.4 Å². The van der Waals surface area contributed by atoms with E-state index in [1.54, 1.807) is 0 Å². The third kappa shape index (κ3) is 2.14. The van der Waals surface area contributed by atoms with Crippen LogP contribution >= 0.6 is 0 Å². The fourth-order valence-corrected chi connectivity index (χ4v) is 2.57. The number of carbonyl (C=O) groups is 1. The number of fused-ring (bicyclic) bond motifs is 1. The number of amides is 1. The number of hydrogen-bond acceptors (Lipinski definition) is 3. The normalized spacial score (nSPS) is 12.9. The van der Waals surface area contributed by atoms with Crippen molar-refractivity contribution in [3.63, 3.8) is 0 Å². The number of aliphatic hydroxyl groups excluding tert-OH is 1. The second-order valence-corrected chi connectivity index (χ2v) is 4.71. The van der Waals surface area contributed by atoms with E-state index < -0.39 is 0 Å². The summed E-state index contributed by atoms with van der Waals surface area (Å²) in [5, 5.41) is 14.9. The lowest BCUT2D eigenvalue weighted by atomic mass is 9.95. The molecule has 4 nitrogen and oxygen atoms in total. The molecule has 2 aromatic carbocycles. The summed E-state index contributed by atoms with van der Waals surface area (Å²) in [5.74, 6) is -0.0572. The molecule has 0 bridgehead atoms. The van der Waals surface area contributed by atoms with E-state index in [1.165, 1.54) is 0 Å². The third-order valence-corrected chi connectivity index (χ3v) is 3.48. The van der Waals surface area contributed by atoms with Crippen LogP contribution in [0.25, 0.3) is 11.1 Å². The van der Waals surface area contributed by atoms with Crippen molar-refractivity contribution in [2.75, 3.05) is 18.5 Å². The molecule has 102 valence electrons. The topological polar surface area (TPSA) is 61.4 Å². The molecule has 1 aliphatic rings. The number of aliphatic hydroxyl groups is 1. The van der Waals surface area contributed by atoms with Gasteiger partial charge in [0.05, 0.1) is 12.2 Å². The van der Waals surface area contributed by atoms with Gasteiger partial charge in [-0.15, -0.1) is 0 Å². The average molecular weight is 268 g/mol. The first-order valence-electron chi connectivity index (χ1n) is 6.65. The van der Waals surface area contributed by atoms with Gasteiger partial charge in [-0.05, 0) is 22.8 Å². The van der Waals surface area contributed by atoms with Gasteiger partial charge in [-0.3, -0.25) is 4.79 Å². The fraction of sp³-hybridized carbons (Fsp3) is 0.188. The SMILES string of the molecule is O=C1NCc2c(-c3ccccc3)ccc(NCCO)c21. The Kier molecular flexibility index (Phi) is 3.39. The van der Waals surface area contributed by atoms with Crippen LogP contribution in [0.1, 0.15) is 15.9 Å². The zero-order valence-corrected chi connectivity index (χ0v) is 11.0. The quantitative estimate of drug-likeness (QED) is 0.795. The Labute approximate surface area is 117 Å². The van der Waals surface area contributed by atoms with Gasteiger partial charge in [-0.25, -0.2) is 0 Å². The third-order valence-electron chi connectivity index (χ3n) is 3.48. The average Bonchev–Trinajstić information content (AvgIpc) is 2.88. The van der Waals surface area contributed by atoms with Crippen molar-refractivity contribution in [3.8, 4) is 11.1 Å². The molecule has 1 aliphatic heterocycles. The van der Waals surface area contributed by atoms with Crippen molar-refractivity contribution >= 4 is 11.6 Å². The van der Waals surface area contributed by atoms with Gasteiger partial charge in [0.15, 0.2) is 0 Å². The maximum atomic E-state index is 12.0. The maximum absolute atomic E-state index is 12.0. The summed E-state index contributed by atoms with van der Waals surface area (Å²) in [6.07, 6.45) is 0. The minimum Gasteiger partial charge on any atom is -0.395 e. The van der Waals surface area contributed by atoms with Crippen LogP contribution in [0.15, 0.2) is 42.5 Å². The van der Waals surface area contributed by atoms with E-state index in [4.69, 9.17) is 5.11 Å². The van der Waals surface area contributed by atoms with E-state index in [0.29, 0.717) is 18.7 Å². The summed E-state index contributed by atoms with van der Waals surface area (Å²) in [7, 11) is 0. The van der Waals surface area contributed by atoms with Gasteiger partial charge < -0.3 is 15.7 Å². The van der Waals surface area contributed by atoms with Crippen LogP contribution in [0.4, 0.5) is 5.69 Å². The number of benzene rings is 2. The summed E-state index contributed by atoms with van der Waals surface area (Å²) in [4.78, 5) is 12.0. The number of hydrogen-bond donors (Lipinski definition) is 3.